The van der Waals surface area contributed by atoms with Gasteiger partial charge in [-0.1, -0.05) is 139 Å². The number of aryl methyl sites for hydroxylation is 2. The Hall–Kier alpha value is -6.90. The summed E-state index contributed by atoms with van der Waals surface area (Å²) in [6.45, 7) is 4.29. The number of benzene rings is 9. The van der Waals surface area contributed by atoms with Crippen LogP contribution in [-0.2, 0) is 0 Å². The molecule has 0 aromatic heterocycles. The van der Waals surface area contributed by atoms with Gasteiger partial charge in [0.15, 0.2) is 0 Å². The topological polar surface area (TPSA) is 6.48 Å². The molecule has 0 bridgehead atoms. The van der Waals surface area contributed by atoms with Crippen LogP contribution < -0.4 is 9.80 Å². The average molecular weight is 693 g/mol. The first-order valence-electron chi connectivity index (χ1n) is 18.6. The van der Waals surface area contributed by atoms with Gasteiger partial charge in [-0.25, -0.2) is 0 Å². The minimum Gasteiger partial charge on any atom is -0.310 e. The molecule has 0 radical (unpaired) electrons. The van der Waals surface area contributed by atoms with E-state index in [-0.39, 0.29) is 0 Å². The molecule has 9 aromatic carbocycles. The van der Waals surface area contributed by atoms with Crippen LogP contribution in [0.3, 0.4) is 0 Å². The van der Waals surface area contributed by atoms with Crippen molar-refractivity contribution in [3.63, 3.8) is 0 Å². The van der Waals surface area contributed by atoms with Crippen molar-refractivity contribution in [1.82, 2.24) is 0 Å². The third-order valence-corrected chi connectivity index (χ3v) is 10.2. The minimum absolute atomic E-state index is 1.12. The van der Waals surface area contributed by atoms with E-state index in [1.165, 1.54) is 49.0 Å². The number of rotatable bonds is 8. The van der Waals surface area contributed by atoms with Crippen molar-refractivity contribution in [3.8, 4) is 0 Å². The van der Waals surface area contributed by atoms with E-state index in [1.807, 2.05) is 0 Å². The third kappa shape index (κ3) is 6.74. The fourth-order valence-corrected chi connectivity index (χ4v) is 7.45. The van der Waals surface area contributed by atoms with Gasteiger partial charge in [-0.15, -0.1) is 0 Å². The lowest BCUT2D eigenvalue weighted by Gasteiger charge is -2.26. The zero-order valence-electron chi connectivity index (χ0n) is 30.5. The highest BCUT2D eigenvalue weighted by Crippen LogP contribution is 2.39. The van der Waals surface area contributed by atoms with Crippen LogP contribution in [-0.4, -0.2) is 0 Å². The van der Waals surface area contributed by atoms with Crippen molar-refractivity contribution >= 4 is 78.6 Å². The van der Waals surface area contributed by atoms with E-state index in [2.05, 4.69) is 230 Å². The second-order valence-electron chi connectivity index (χ2n) is 14.1. The van der Waals surface area contributed by atoms with E-state index in [9.17, 15) is 0 Å². The summed E-state index contributed by atoms with van der Waals surface area (Å²) in [7, 11) is 0. The van der Waals surface area contributed by atoms with Crippen molar-refractivity contribution in [1.29, 1.82) is 0 Å². The number of hydrogen-bond acceptors (Lipinski definition) is 2. The van der Waals surface area contributed by atoms with E-state index < -0.39 is 0 Å². The molecule has 0 unspecified atom stereocenters. The summed E-state index contributed by atoms with van der Waals surface area (Å²) in [6.07, 6.45) is 4.40. The summed E-state index contributed by atoms with van der Waals surface area (Å²) in [6, 6.07) is 70.3. The predicted octanol–water partition coefficient (Wildman–Crippen LogP) is 14.9. The summed E-state index contributed by atoms with van der Waals surface area (Å²) < 4.78 is 0. The zero-order chi connectivity index (χ0) is 36.4. The first-order chi connectivity index (χ1) is 26.5. The molecule has 0 saturated heterocycles. The van der Waals surface area contributed by atoms with Gasteiger partial charge in [-0.05, 0) is 136 Å². The minimum atomic E-state index is 1.12. The molecular weight excluding hydrogens is 653 g/mol. The summed E-state index contributed by atoms with van der Waals surface area (Å²) in [5.41, 5.74) is 11.7. The Morgan fingerprint density at radius 2 is 0.611 bits per heavy atom. The molecule has 0 aliphatic heterocycles. The Morgan fingerprint density at radius 1 is 0.278 bits per heavy atom. The zero-order valence-corrected chi connectivity index (χ0v) is 30.5. The van der Waals surface area contributed by atoms with Crippen LogP contribution in [0, 0.1) is 13.8 Å². The van der Waals surface area contributed by atoms with Gasteiger partial charge in [0.25, 0.3) is 0 Å². The normalized spacial score (nSPS) is 11.4. The summed E-state index contributed by atoms with van der Waals surface area (Å²) in [4.78, 5) is 4.67. The third-order valence-electron chi connectivity index (χ3n) is 10.2. The standard InChI is InChI=1S/C52H40N2/c1-37-13-20-44-34-50(28-23-41(44)31-37)53(47-9-5-3-6-10-47)49-26-18-39(19-27-49)15-16-40-17-22-46-36-52(30-25-43(46)33-40)54(48-11-7-4-8-12-48)51-29-24-42-32-38(2)14-21-45(42)35-51/h3-36H,1-2H3. The predicted molar refractivity (Wildman–Crippen MR) is 233 cm³/mol. The fourth-order valence-electron chi connectivity index (χ4n) is 7.45. The van der Waals surface area contributed by atoms with Gasteiger partial charge >= 0.3 is 0 Å². The molecule has 0 spiro atoms. The van der Waals surface area contributed by atoms with Crippen LogP contribution >= 0.6 is 0 Å². The molecule has 0 atom stereocenters. The van der Waals surface area contributed by atoms with Gasteiger partial charge in [0.2, 0.25) is 0 Å². The summed E-state index contributed by atoms with van der Waals surface area (Å²) in [5.74, 6) is 0. The number of fused-ring (bicyclic) bond motifs is 3. The van der Waals surface area contributed by atoms with Crippen LogP contribution in [0.25, 0.3) is 44.5 Å². The first-order valence-corrected chi connectivity index (χ1v) is 18.6. The lowest BCUT2D eigenvalue weighted by Crippen LogP contribution is -2.09. The van der Waals surface area contributed by atoms with Crippen molar-refractivity contribution in [3.05, 3.63) is 216 Å². The molecule has 9 rings (SSSR count). The molecule has 0 amide bonds. The highest BCUT2D eigenvalue weighted by atomic mass is 15.1. The molecule has 9 aromatic rings. The largest absolute Gasteiger partial charge is 0.310 e. The van der Waals surface area contributed by atoms with Crippen molar-refractivity contribution in [2.75, 3.05) is 9.80 Å². The highest BCUT2D eigenvalue weighted by molar-refractivity contribution is 5.94. The van der Waals surface area contributed by atoms with Gasteiger partial charge in [0, 0.05) is 34.1 Å². The van der Waals surface area contributed by atoms with Gasteiger partial charge in [0.1, 0.15) is 0 Å². The smallest absolute Gasteiger partial charge is 0.0468 e. The fraction of sp³-hybridized carbons (Fsp3) is 0.0385. The van der Waals surface area contributed by atoms with Crippen LogP contribution in [0.15, 0.2) is 194 Å². The maximum absolute atomic E-state index is 2.34. The van der Waals surface area contributed by atoms with Crippen molar-refractivity contribution in [2.24, 2.45) is 0 Å². The van der Waals surface area contributed by atoms with Gasteiger partial charge in [-0.2, -0.15) is 0 Å². The lowest BCUT2D eigenvalue weighted by atomic mass is 10.0. The second kappa shape index (κ2) is 14.3. The molecule has 0 aliphatic rings. The molecule has 0 saturated carbocycles. The Balaban J connectivity index is 0.987. The molecule has 2 heteroatoms. The van der Waals surface area contributed by atoms with E-state index in [0.717, 1.165) is 39.7 Å². The van der Waals surface area contributed by atoms with E-state index >= 15 is 0 Å². The van der Waals surface area contributed by atoms with Crippen LogP contribution in [0.1, 0.15) is 22.3 Å². The Labute approximate surface area is 317 Å². The molecule has 258 valence electrons. The number of para-hydroxylation sites is 2. The summed E-state index contributed by atoms with van der Waals surface area (Å²) >= 11 is 0. The quantitative estimate of drug-likeness (QED) is 0.146. The molecule has 0 fully saturated rings. The van der Waals surface area contributed by atoms with Gasteiger partial charge in [0.05, 0.1) is 0 Å². The van der Waals surface area contributed by atoms with Crippen LogP contribution in [0.5, 0.6) is 0 Å². The second-order valence-corrected chi connectivity index (χ2v) is 14.1. The average Bonchev–Trinajstić information content (AvgIpc) is 3.21. The first kappa shape index (κ1) is 33.0. The SMILES string of the molecule is Cc1ccc2cc(N(c3ccccc3)c3ccc(C=Cc4ccc5cc(N(c6ccccc6)c6ccc7cc(C)ccc7c6)ccc5c4)cc3)ccc2c1. The highest BCUT2D eigenvalue weighted by Gasteiger charge is 2.15. The molecule has 54 heavy (non-hydrogen) atoms. The lowest BCUT2D eigenvalue weighted by molar-refractivity contribution is 1.29. The van der Waals surface area contributed by atoms with E-state index in [1.54, 1.807) is 0 Å². The molecule has 0 heterocycles. The number of nitrogens with zero attached hydrogens (tertiary/aromatic N) is 2. The van der Waals surface area contributed by atoms with Crippen LogP contribution in [0.4, 0.5) is 34.1 Å². The van der Waals surface area contributed by atoms with Gasteiger partial charge < -0.3 is 9.80 Å². The summed E-state index contributed by atoms with van der Waals surface area (Å²) in [5, 5.41) is 7.40. The van der Waals surface area contributed by atoms with Crippen LogP contribution in [0.2, 0.25) is 0 Å². The Bertz CT molecular complexity index is 2780. The maximum atomic E-state index is 2.34. The monoisotopic (exact) mass is 692 g/mol. The molecule has 2 nitrogen and oxygen atoms in total. The molecular formula is C52H40N2. The van der Waals surface area contributed by atoms with Gasteiger partial charge in [-0.3, -0.25) is 0 Å². The Kier molecular flexibility index (Phi) is 8.70. The van der Waals surface area contributed by atoms with Crippen molar-refractivity contribution < 1.29 is 0 Å². The number of hydrogen-bond donors (Lipinski definition) is 0. The molecule has 0 aliphatic carbocycles. The molecule has 0 N–H and O–H groups in total. The van der Waals surface area contributed by atoms with E-state index in [0.29, 0.717) is 0 Å². The van der Waals surface area contributed by atoms with E-state index in [4.69, 9.17) is 0 Å². The maximum Gasteiger partial charge on any atom is 0.0468 e. The number of anilines is 6. The Morgan fingerprint density at radius 3 is 1.11 bits per heavy atom. The van der Waals surface area contributed by atoms with Crippen molar-refractivity contribution in [2.45, 2.75) is 13.8 Å².